The largest absolute Gasteiger partial charge is 0.381 e. The van der Waals surface area contributed by atoms with E-state index in [-0.39, 0.29) is 30.1 Å². The number of unbranched alkanes of at least 4 members (excludes halogenated alkanes) is 1. The zero-order valence-corrected chi connectivity index (χ0v) is 16.1. The van der Waals surface area contributed by atoms with Crippen molar-refractivity contribution >= 4 is 24.2 Å². The quantitative estimate of drug-likeness (QED) is 0.598. The Morgan fingerprint density at radius 3 is 2.46 bits per heavy atom. The van der Waals surface area contributed by atoms with E-state index in [1.807, 2.05) is 12.1 Å². The fourth-order valence-corrected chi connectivity index (χ4v) is 2.85. The summed E-state index contributed by atoms with van der Waals surface area (Å²) in [6, 6.07) is 6.78. The molecule has 1 saturated heterocycles. The van der Waals surface area contributed by atoms with Crippen molar-refractivity contribution in [1.29, 1.82) is 0 Å². The second-order valence-corrected chi connectivity index (χ2v) is 6.50. The Balaban J connectivity index is 0.00000338. The van der Waals surface area contributed by atoms with Crippen LogP contribution in [0.15, 0.2) is 24.3 Å². The number of amides is 2. The van der Waals surface area contributed by atoms with Crippen molar-refractivity contribution in [3.63, 3.8) is 0 Å². The first-order chi connectivity index (χ1) is 12.1. The fraction of sp³-hybridized carbons (Fsp3) is 0.579. The Morgan fingerprint density at radius 1 is 1.19 bits per heavy atom. The van der Waals surface area contributed by atoms with E-state index in [1.54, 1.807) is 12.1 Å². The highest BCUT2D eigenvalue weighted by molar-refractivity contribution is 5.94. The van der Waals surface area contributed by atoms with Crippen molar-refractivity contribution in [3.8, 4) is 0 Å². The van der Waals surface area contributed by atoms with Crippen LogP contribution in [0.5, 0.6) is 0 Å². The van der Waals surface area contributed by atoms with Gasteiger partial charge in [-0.2, -0.15) is 0 Å². The normalized spacial score (nSPS) is 15.6. The van der Waals surface area contributed by atoms with Crippen LogP contribution >= 0.6 is 12.4 Å². The minimum absolute atomic E-state index is 0. The van der Waals surface area contributed by atoms with E-state index in [0.717, 1.165) is 31.2 Å². The van der Waals surface area contributed by atoms with E-state index in [9.17, 15) is 9.59 Å². The van der Waals surface area contributed by atoms with Gasteiger partial charge in [0.2, 0.25) is 5.91 Å². The van der Waals surface area contributed by atoms with E-state index < -0.39 is 6.04 Å². The Morgan fingerprint density at radius 2 is 1.85 bits per heavy atom. The lowest BCUT2D eigenvalue weighted by Gasteiger charge is -2.26. The molecule has 4 N–H and O–H groups in total. The number of benzene rings is 1. The highest BCUT2D eigenvalue weighted by Gasteiger charge is 2.26. The second-order valence-electron chi connectivity index (χ2n) is 6.50. The van der Waals surface area contributed by atoms with Crippen molar-refractivity contribution in [2.75, 3.05) is 19.8 Å². The van der Waals surface area contributed by atoms with Crippen LogP contribution in [0, 0.1) is 5.92 Å². The monoisotopic (exact) mass is 383 g/mol. The summed E-state index contributed by atoms with van der Waals surface area (Å²) in [5.74, 6) is -0.0122. The average molecular weight is 384 g/mol. The van der Waals surface area contributed by atoms with Gasteiger partial charge >= 0.3 is 0 Å². The molecule has 1 heterocycles. The summed E-state index contributed by atoms with van der Waals surface area (Å²) in [7, 11) is 0. The highest BCUT2D eigenvalue weighted by atomic mass is 35.5. The number of carbonyl (C=O) groups is 2. The molecular formula is C19H30ClN3O3. The molecule has 2 amide bonds. The van der Waals surface area contributed by atoms with E-state index in [0.29, 0.717) is 31.9 Å². The van der Waals surface area contributed by atoms with Gasteiger partial charge in [-0.25, -0.2) is 0 Å². The Hall–Kier alpha value is -1.63. The number of halogens is 1. The maximum Gasteiger partial charge on any atom is 0.251 e. The number of hydrogen-bond acceptors (Lipinski definition) is 4. The minimum Gasteiger partial charge on any atom is -0.381 e. The molecule has 1 atom stereocenters. The highest BCUT2D eigenvalue weighted by Crippen LogP contribution is 2.17. The van der Waals surface area contributed by atoms with Gasteiger partial charge in [-0.05, 0) is 42.9 Å². The number of hydrogen-bond donors (Lipinski definition) is 3. The van der Waals surface area contributed by atoms with Gasteiger partial charge in [0.15, 0.2) is 0 Å². The molecular weight excluding hydrogens is 354 g/mol. The molecule has 1 aliphatic heterocycles. The van der Waals surface area contributed by atoms with E-state index in [1.165, 1.54) is 0 Å². The molecule has 0 saturated carbocycles. The topological polar surface area (TPSA) is 93.5 Å². The molecule has 0 radical (unpaired) electrons. The van der Waals surface area contributed by atoms with Crippen LogP contribution in [0.1, 0.15) is 48.5 Å². The SMILES string of the molecule is CCCCNC(=O)c1ccc(CNC(=O)C(N)C2CCOCC2)cc1.Cl. The average Bonchev–Trinajstić information content (AvgIpc) is 2.66. The summed E-state index contributed by atoms with van der Waals surface area (Å²) in [6.07, 6.45) is 3.69. The minimum atomic E-state index is -0.493. The lowest BCUT2D eigenvalue weighted by molar-refractivity contribution is -0.124. The van der Waals surface area contributed by atoms with Crippen LogP contribution in [0.25, 0.3) is 0 Å². The molecule has 2 rings (SSSR count). The van der Waals surface area contributed by atoms with Crippen LogP contribution in [-0.4, -0.2) is 37.6 Å². The van der Waals surface area contributed by atoms with Gasteiger partial charge in [-0.1, -0.05) is 25.5 Å². The van der Waals surface area contributed by atoms with E-state index >= 15 is 0 Å². The molecule has 1 unspecified atom stereocenters. The first-order valence-electron chi connectivity index (χ1n) is 9.10. The summed E-state index contributed by atoms with van der Waals surface area (Å²) < 4.78 is 5.30. The Kier molecular flexibility index (Phi) is 10.2. The first kappa shape index (κ1) is 22.4. The lowest BCUT2D eigenvalue weighted by Crippen LogP contribution is -2.46. The maximum absolute atomic E-state index is 12.2. The molecule has 1 aromatic rings. The molecule has 1 fully saturated rings. The van der Waals surface area contributed by atoms with E-state index in [4.69, 9.17) is 10.5 Å². The number of rotatable bonds is 8. The number of carbonyl (C=O) groups excluding carboxylic acids is 2. The zero-order chi connectivity index (χ0) is 18.1. The van der Waals surface area contributed by atoms with Gasteiger partial charge < -0.3 is 21.1 Å². The van der Waals surface area contributed by atoms with Crippen molar-refractivity contribution in [2.45, 2.75) is 45.2 Å². The molecule has 7 heteroatoms. The van der Waals surface area contributed by atoms with Gasteiger partial charge in [0.05, 0.1) is 6.04 Å². The van der Waals surface area contributed by atoms with Gasteiger partial charge in [0.1, 0.15) is 0 Å². The van der Waals surface area contributed by atoms with Crippen LogP contribution in [0.2, 0.25) is 0 Å². The van der Waals surface area contributed by atoms with Crippen LogP contribution < -0.4 is 16.4 Å². The predicted molar refractivity (Wildman–Crippen MR) is 104 cm³/mol. The third-order valence-electron chi connectivity index (χ3n) is 4.58. The zero-order valence-electron chi connectivity index (χ0n) is 15.3. The smallest absolute Gasteiger partial charge is 0.251 e. The summed E-state index contributed by atoms with van der Waals surface area (Å²) in [6.45, 7) is 4.54. The van der Waals surface area contributed by atoms with Crippen LogP contribution in [-0.2, 0) is 16.1 Å². The van der Waals surface area contributed by atoms with Crippen molar-refractivity contribution in [2.24, 2.45) is 11.7 Å². The van der Waals surface area contributed by atoms with Crippen molar-refractivity contribution in [3.05, 3.63) is 35.4 Å². The molecule has 6 nitrogen and oxygen atoms in total. The number of ether oxygens (including phenoxy) is 1. The van der Waals surface area contributed by atoms with Gasteiger partial charge in [-0.15, -0.1) is 12.4 Å². The fourth-order valence-electron chi connectivity index (χ4n) is 2.85. The van der Waals surface area contributed by atoms with Gasteiger partial charge in [-0.3, -0.25) is 9.59 Å². The maximum atomic E-state index is 12.2. The third-order valence-corrected chi connectivity index (χ3v) is 4.58. The summed E-state index contributed by atoms with van der Waals surface area (Å²) in [4.78, 5) is 24.2. The molecule has 146 valence electrons. The van der Waals surface area contributed by atoms with Crippen molar-refractivity contribution in [1.82, 2.24) is 10.6 Å². The van der Waals surface area contributed by atoms with Crippen molar-refractivity contribution < 1.29 is 14.3 Å². The number of nitrogens with one attached hydrogen (secondary N) is 2. The molecule has 0 spiro atoms. The Bertz CT molecular complexity index is 560. The molecule has 0 bridgehead atoms. The Labute approximate surface area is 161 Å². The standard InChI is InChI=1S/C19H29N3O3.ClH/c1-2-3-10-21-18(23)16-6-4-14(5-7-16)13-22-19(24)17(20)15-8-11-25-12-9-15;/h4-7,15,17H,2-3,8-13,20H2,1H3,(H,21,23)(H,22,24);1H. The van der Waals surface area contributed by atoms with Gasteiger partial charge in [0.25, 0.3) is 5.91 Å². The predicted octanol–water partition coefficient (Wildman–Crippen LogP) is 2.01. The summed E-state index contributed by atoms with van der Waals surface area (Å²) >= 11 is 0. The molecule has 1 aromatic carbocycles. The summed E-state index contributed by atoms with van der Waals surface area (Å²) in [5, 5.41) is 5.77. The van der Waals surface area contributed by atoms with Crippen LogP contribution in [0.3, 0.4) is 0 Å². The van der Waals surface area contributed by atoms with Gasteiger partial charge in [0, 0.05) is 31.9 Å². The lowest BCUT2D eigenvalue weighted by atomic mass is 9.92. The van der Waals surface area contributed by atoms with Crippen LogP contribution in [0.4, 0.5) is 0 Å². The second kappa shape index (κ2) is 11.9. The molecule has 1 aliphatic rings. The molecule has 26 heavy (non-hydrogen) atoms. The number of nitrogens with two attached hydrogens (primary N) is 1. The summed E-state index contributed by atoms with van der Waals surface area (Å²) in [5.41, 5.74) is 7.63. The third kappa shape index (κ3) is 6.94. The van der Waals surface area contributed by atoms with E-state index in [2.05, 4.69) is 17.6 Å². The molecule has 0 aromatic heterocycles. The molecule has 0 aliphatic carbocycles. The first-order valence-corrected chi connectivity index (χ1v) is 9.10.